The Bertz CT molecular complexity index is 1880. The highest BCUT2D eigenvalue weighted by atomic mass is 32.2. The van der Waals surface area contributed by atoms with Gasteiger partial charge in [0, 0.05) is 5.69 Å². The highest BCUT2D eigenvalue weighted by Gasteiger charge is 2.18. The van der Waals surface area contributed by atoms with Gasteiger partial charge in [-0.3, -0.25) is 13.8 Å². The second kappa shape index (κ2) is 10.2. The van der Waals surface area contributed by atoms with Crippen LogP contribution in [-0.2, 0) is 12.3 Å². The number of para-hydroxylation sites is 2. The Morgan fingerprint density at radius 3 is 2.49 bits per heavy atom. The van der Waals surface area contributed by atoms with Gasteiger partial charge in [-0.05, 0) is 43.2 Å². The summed E-state index contributed by atoms with van der Waals surface area (Å²) in [5.41, 5.74) is 10.7. The Hall–Kier alpha value is -4.77. The number of aryl methyl sites for hydroxylation is 2. The van der Waals surface area contributed by atoms with Crippen LogP contribution in [0.25, 0.3) is 16.7 Å². The van der Waals surface area contributed by atoms with Gasteiger partial charge in [-0.1, -0.05) is 71.9 Å². The highest BCUT2D eigenvalue weighted by Crippen LogP contribution is 2.25. The number of nitrogens with two attached hydrogens (primary N) is 1. The summed E-state index contributed by atoms with van der Waals surface area (Å²) in [6.45, 7) is 4.42. The van der Waals surface area contributed by atoms with Gasteiger partial charge >= 0.3 is 0 Å². The van der Waals surface area contributed by atoms with Crippen molar-refractivity contribution in [3.63, 3.8) is 0 Å². The minimum atomic E-state index is -0.111. The van der Waals surface area contributed by atoms with Crippen molar-refractivity contribution in [3.05, 3.63) is 106 Å². The monoisotopic (exact) mass is 535 g/mol. The van der Waals surface area contributed by atoms with Gasteiger partial charge in [-0.25, -0.2) is 0 Å². The Morgan fingerprint density at radius 1 is 0.897 bits per heavy atom. The van der Waals surface area contributed by atoms with Crippen LogP contribution in [0.5, 0.6) is 0 Å². The Morgan fingerprint density at radius 2 is 1.67 bits per heavy atom. The van der Waals surface area contributed by atoms with Crippen molar-refractivity contribution in [1.29, 1.82) is 0 Å². The predicted octanol–water partition coefficient (Wildman–Crippen LogP) is 4.51. The van der Waals surface area contributed by atoms with Crippen molar-refractivity contribution in [1.82, 2.24) is 34.1 Å². The number of nitrogens with one attached hydrogen (secondary N) is 1. The van der Waals surface area contributed by atoms with E-state index in [1.807, 2.05) is 91.0 Å². The minimum Gasteiger partial charge on any atom is -0.368 e. The van der Waals surface area contributed by atoms with Crippen LogP contribution in [0, 0.1) is 13.8 Å². The summed E-state index contributed by atoms with van der Waals surface area (Å²) in [6, 6.07) is 23.5. The molecule has 3 heterocycles. The molecular weight excluding hydrogens is 510 g/mol. The van der Waals surface area contributed by atoms with E-state index < -0.39 is 0 Å². The Kier molecular flexibility index (Phi) is 6.41. The molecule has 0 fully saturated rings. The van der Waals surface area contributed by atoms with E-state index in [2.05, 4.69) is 30.5 Å². The van der Waals surface area contributed by atoms with Crippen molar-refractivity contribution in [2.24, 2.45) is 0 Å². The Balaban J connectivity index is 1.35. The number of thioether (sulfide) groups is 1. The summed E-state index contributed by atoms with van der Waals surface area (Å²) in [5.74, 6) is 1.84. The lowest BCUT2D eigenvalue weighted by molar-refractivity contribution is 0.763. The topological polar surface area (TPSA) is 129 Å². The summed E-state index contributed by atoms with van der Waals surface area (Å²) in [4.78, 5) is 26.6. The first-order valence-corrected chi connectivity index (χ1v) is 13.3. The molecule has 0 bridgehead atoms. The molecule has 0 spiro atoms. The first kappa shape index (κ1) is 24.6. The fourth-order valence-electron chi connectivity index (χ4n) is 4.37. The average Bonchev–Trinajstić information content (AvgIpc) is 3.36. The largest absolute Gasteiger partial charge is 0.368 e. The number of aromatic nitrogens is 7. The number of anilines is 3. The summed E-state index contributed by atoms with van der Waals surface area (Å²) in [6.07, 6.45) is 0. The molecule has 0 amide bonds. The number of benzene rings is 3. The number of nitrogen functional groups attached to an aromatic ring is 1. The molecule has 11 heteroatoms. The van der Waals surface area contributed by atoms with E-state index in [9.17, 15) is 4.79 Å². The maximum absolute atomic E-state index is 13.5. The van der Waals surface area contributed by atoms with E-state index in [4.69, 9.17) is 5.73 Å². The molecule has 0 aliphatic heterocycles. The fourth-order valence-corrected chi connectivity index (χ4v) is 5.16. The van der Waals surface area contributed by atoms with Gasteiger partial charge in [0.1, 0.15) is 5.82 Å². The van der Waals surface area contributed by atoms with Gasteiger partial charge in [-0.2, -0.15) is 15.0 Å². The third-order valence-electron chi connectivity index (χ3n) is 6.36. The molecular formula is C28H25N9OS. The smallest absolute Gasteiger partial charge is 0.263 e. The molecule has 39 heavy (non-hydrogen) atoms. The minimum absolute atomic E-state index is 0.111. The number of nitrogens with zero attached hydrogens (tertiary/aromatic N) is 7. The van der Waals surface area contributed by atoms with Gasteiger partial charge in [0.15, 0.2) is 5.16 Å². The molecule has 0 atom stereocenters. The standard InChI is InChI=1S/C28H25N9OS/c1-17-11-13-19(14-12-17)15-36-24(38)20-8-4-6-10-22(20)37-27(36)34-35-28(37)39-16-23-31-25(29)33-26(32-23)30-21-9-5-3-7-18(21)2/h3-14H,15-16H2,1-2H3,(H3,29,30,31,32,33). The summed E-state index contributed by atoms with van der Waals surface area (Å²) >= 11 is 1.41. The Labute approximate surface area is 228 Å². The lowest BCUT2D eigenvalue weighted by Crippen LogP contribution is -2.24. The molecule has 6 aromatic rings. The number of rotatable bonds is 7. The van der Waals surface area contributed by atoms with Crippen LogP contribution in [-0.4, -0.2) is 34.1 Å². The molecule has 0 unspecified atom stereocenters. The van der Waals surface area contributed by atoms with Crippen molar-refractivity contribution in [2.75, 3.05) is 11.1 Å². The number of fused-ring (bicyclic) bond motifs is 3. The van der Waals surface area contributed by atoms with Gasteiger partial charge < -0.3 is 11.1 Å². The van der Waals surface area contributed by atoms with Crippen molar-refractivity contribution >= 4 is 46.0 Å². The molecule has 0 saturated heterocycles. The third-order valence-corrected chi connectivity index (χ3v) is 7.29. The van der Waals surface area contributed by atoms with Gasteiger partial charge in [-0.15, -0.1) is 10.2 Å². The van der Waals surface area contributed by atoms with E-state index in [1.165, 1.54) is 11.8 Å². The molecule has 3 N–H and O–H groups in total. The molecule has 3 aromatic carbocycles. The molecule has 0 radical (unpaired) electrons. The van der Waals surface area contributed by atoms with Gasteiger partial charge in [0.05, 0.1) is 23.2 Å². The SMILES string of the molecule is Cc1ccc(Cn2c(=O)c3ccccc3n3c(SCc4nc(N)nc(Nc5ccccc5C)n4)nnc23)cc1. The lowest BCUT2D eigenvalue weighted by atomic mass is 10.1. The maximum atomic E-state index is 13.5. The number of hydrogen-bond acceptors (Lipinski definition) is 9. The molecule has 3 aromatic heterocycles. The van der Waals surface area contributed by atoms with Crippen LogP contribution in [0.1, 0.15) is 22.5 Å². The summed E-state index contributed by atoms with van der Waals surface area (Å²) in [7, 11) is 0. The van der Waals surface area contributed by atoms with E-state index in [0.29, 0.717) is 40.4 Å². The average molecular weight is 536 g/mol. The fraction of sp³-hybridized carbons (Fsp3) is 0.143. The van der Waals surface area contributed by atoms with Crippen LogP contribution < -0.4 is 16.6 Å². The van der Waals surface area contributed by atoms with Crippen LogP contribution in [0.3, 0.4) is 0 Å². The second-order valence-electron chi connectivity index (χ2n) is 9.17. The third kappa shape index (κ3) is 4.91. The molecule has 10 nitrogen and oxygen atoms in total. The van der Waals surface area contributed by atoms with Crippen molar-refractivity contribution < 1.29 is 0 Å². The highest BCUT2D eigenvalue weighted by molar-refractivity contribution is 7.98. The molecule has 0 aliphatic carbocycles. The first-order chi connectivity index (χ1) is 19.0. The first-order valence-electron chi connectivity index (χ1n) is 12.3. The van der Waals surface area contributed by atoms with Gasteiger partial charge in [0.25, 0.3) is 5.56 Å². The number of hydrogen-bond donors (Lipinski definition) is 2. The van der Waals surface area contributed by atoms with Crippen molar-refractivity contribution in [3.8, 4) is 0 Å². The molecule has 6 rings (SSSR count). The van der Waals surface area contributed by atoms with Crippen LogP contribution in [0.15, 0.2) is 82.7 Å². The van der Waals surface area contributed by atoms with Crippen molar-refractivity contribution in [2.45, 2.75) is 31.3 Å². The van der Waals surface area contributed by atoms with E-state index >= 15 is 0 Å². The zero-order chi connectivity index (χ0) is 26.9. The summed E-state index contributed by atoms with van der Waals surface area (Å²) < 4.78 is 3.57. The van der Waals surface area contributed by atoms with Gasteiger partial charge in [0.2, 0.25) is 17.7 Å². The van der Waals surface area contributed by atoms with E-state index in [-0.39, 0.29) is 11.5 Å². The lowest BCUT2D eigenvalue weighted by Gasteiger charge is -2.12. The maximum Gasteiger partial charge on any atom is 0.263 e. The van der Waals surface area contributed by atoms with Crippen LogP contribution in [0.4, 0.5) is 17.6 Å². The zero-order valence-corrected chi connectivity index (χ0v) is 22.2. The second-order valence-corrected chi connectivity index (χ2v) is 10.1. The van der Waals surface area contributed by atoms with E-state index in [0.717, 1.165) is 27.9 Å². The zero-order valence-electron chi connectivity index (χ0n) is 21.4. The normalized spacial score (nSPS) is 11.3. The molecule has 0 saturated carbocycles. The van der Waals surface area contributed by atoms with E-state index in [1.54, 1.807) is 4.57 Å². The van der Waals surface area contributed by atoms with Crippen LogP contribution >= 0.6 is 11.8 Å². The predicted molar refractivity (Wildman–Crippen MR) is 153 cm³/mol. The molecule has 194 valence electrons. The quantitative estimate of drug-likeness (QED) is 0.284. The summed E-state index contributed by atoms with van der Waals surface area (Å²) in [5, 5.41) is 13.3. The molecule has 0 aliphatic rings. The van der Waals surface area contributed by atoms with Crippen LogP contribution in [0.2, 0.25) is 0 Å².